The number of fused-ring (bicyclic) bond motifs is 2. The first-order chi connectivity index (χ1) is 19.4. The van der Waals surface area contributed by atoms with Crippen molar-refractivity contribution in [1.82, 2.24) is 9.66 Å². The van der Waals surface area contributed by atoms with E-state index in [2.05, 4.69) is 46.2 Å². The first-order valence-corrected chi connectivity index (χ1v) is 13.8. The van der Waals surface area contributed by atoms with E-state index in [4.69, 9.17) is 19.2 Å². The number of aromatic nitrogens is 2. The van der Waals surface area contributed by atoms with Gasteiger partial charge < -0.3 is 14.2 Å². The van der Waals surface area contributed by atoms with Crippen LogP contribution in [0.2, 0.25) is 0 Å². The number of hydrogen-bond acceptors (Lipinski definition) is 6. The van der Waals surface area contributed by atoms with E-state index in [0.29, 0.717) is 46.1 Å². The Morgan fingerprint density at radius 3 is 2.42 bits per heavy atom. The van der Waals surface area contributed by atoms with Crippen molar-refractivity contribution in [3.63, 3.8) is 0 Å². The van der Waals surface area contributed by atoms with Crippen LogP contribution in [0.1, 0.15) is 43.1 Å². The molecule has 1 atom stereocenters. The van der Waals surface area contributed by atoms with Gasteiger partial charge in [-0.15, -0.1) is 0 Å². The molecule has 4 aromatic carbocycles. The highest BCUT2D eigenvalue weighted by atomic mass is 79.9. The molecule has 5 aromatic rings. The molecular weight excluding hydrogens is 570 g/mol. The van der Waals surface area contributed by atoms with E-state index in [1.54, 1.807) is 26.5 Å². The van der Waals surface area contributed by atoms with Crippen LogP contribution in [-0.4, -0.2) is 30.1 Å². The Kier molecular flexibility index (Phi) is 8.16. The van der Waals surface area contributed by atoms with Crippen molar-refractivity contribution < 1.29 is 14.2 Å². The van der Waals surface area contributed by atoms with Gasteiger partial charge in [0.1, 0.15) is 12.4 Å². The molecule has 0 radical (unpaired) electrons. The molecule has 0 aliphatic rings. The first kappa shape index (κ1) is 27.4. The maximum atomic E-state index is 13.5. The molecule has 0 aliphatic heterocycles. The Morgan fingerprint density at radius 2 is 1.70 bits per heavy atom. The Hall–Kier alpha value is -4.17. The summed E-state index contributed by atoms with van der Waals surface area (Å²) in [6, 6.07) is 23.5. The molecule has 1 aromatic heterocycles. The number of nitrogens with zero attached hydrogens (tertiary/aromatic N) is 3. The van der Waals surface area contributed by atoms with Gasteiger partial charge in [-0.1, -0.05) is 72.2 Å². The van der Waals surface area contributed by atoms with E-state index in [-0.39, 0.29) is 11.5 Å². The Morgan fingerprint density at radius 1 is 0.975 bits per heavy atom. The van der Waals surface area contributed by atoms with Gasteiger partial charge >= 0.3 is 0 Å². The zero-order valence-electron chi connectivity index (χ0n) is 22.8. The molecule has 0 fully saturated rings. The van der Waals surface area contributed by atoms with Gasteiger partial charge in [-0.2, -0.15) is 9.78 Å². The van der Waals surface area contributed by atoms with Crippen molar-refractivity contribution in [2.75, 3.05) is 14.2 Å². The lowest BCUT2D eigenvalue weighted by molar-refractivity contribution is 0.267. The molecule has 204 valence electrons. The number of rotatable bonds is 9. The molecule has 0 amide bonds. The molecule has 0 saturated carbocycles. The van der Waals surface area contributed by atoms with E-state index in [0.717, 1.165) is 27.2 Å². The van der Waals surface area contributed by atoms with Crippen molar-refractivity contribution in [2.24, 2.45) is 5.10 Å². The minimum Gasteiger partial charge on any atom is -0.493 e. The summed E-state index contributed by atoms with van der Waals surface area (Å²) < 4.78 is 19.8. The second kappa shape index (κ2) is 11.9. The van der Waals surface area contributed by atoms with Crippen LogP contribution in [0.5, 0.6) is 17.2 Å². The largest absolute Gasteiger partial charge is 0.493 e. The van der Waals surface area contributed by atoms with Crippen molar-refractivity contribution in [3.05, 3.63) is 105 Å². The molecule has 8 heteroatoms. The summed E-state index contributed by atoms with van der Waals surface area (Å²) in [4.78, 5) is 18.3. The third-order valence-corrected chi connectivity index (χ3v) is 7.44. The van der Waals surface area contributed by atoms with E-state index < -0.39 is 0 Å². The van der Waals surface area contributed by atoms with Gasteiger partial charge in [-0.25, -0.2) is 4.98 Å². The normalized spacial score (nSPS) is 12.2. The number of hydrogen-bond donors (Lipinski definition) is 0. The summed E-state index contributed by atoms with van der Waals surface area (Å²) in [5.41, 5.74) is 2.15. The molecule has 1 heterocycles. The van der Waals surface area contributed by atoms with Gasteiger partial charge in [0, 0.05) is 16.0 Å². The fourth-order valence-electron chi connectivity index (χ4n) is 4.59. The number of ether oxygens (including phenoxy) is 3. The number of methoxy groups -OCH3 is 2. The predicted octanol–water partition coefficient (Wildman–Crippen LogP) is 7.30. The zero-order chi connectivity index (χ0) is 28.2. The Bertz CT molecular complexity index is 1750. The van der Waals surface area contributed by atoms with Gasteiger partial charge in [0.25, 0.3) is 5.56 Å². The highest BCUT2D eigenvalue weighted by molar-refractivity contribution is 9.10. The van der Waals surface area contributed by atoms with Gasteiger partial charge in [-0.3, -0.25) is 4.79 Å². The molecule has 7 nitrogen and oxygen atoms in total. The van der Waals surface area contributed by atoms with Crippen LogP contribution in [0.25, 0.3) is 21.7 Å². The van der Waals surface area contributed by atoms with Gasteiger partial charge in [0.2, 0.25) is 5.75 Å². The van der Waals surface area contributed by atoms with Crippen LogP contribution in [-0.2, 0) is 6.61 Å². The van der Waals surface area contributed by atoms with Crippen LogP contribution < -0.4 is 19.8 Å². The topological polar surface area (TPSA) is 74.9 Å². The monoisotopic (exact) mass is 599 g/mol. The SMILES string of the molecule is CC[C@H](C)c1nc2ccc(Br)cc2c(=O)n1N=Cc1cc(OC)c(OCc2cccc3ccccc23)c(OC)c1. The van der Waals surface area contributed by atoms with Crippen LogP contribution in [0.15, 0.2) is 87.2 Å². The van der Waals surface area contributed by atoms with Crippen molar-refractivity contribution >= 4 is 43.8 Å². The molecule has 0 N–H and O–H groups in total. The molecule has 0 unspecified atom stereocenters. The summed E-state index contributed by atoms with van der Waals surface area (Å²) >= 11 is 3.45. The van der Waals surface area contributed by atoms with Crippen LogP contribution in [0, 0.1) is 0 Å². The average Bonchev–Trinajstić information content (AvgIpc) is 2.99. The fraction of sp³-hybridized carbons (Fsp3) is 0.219. The van der Waals surface area contributed by atoms with E-state index >= 15 is 0 Å². The second-order valence-corrected chi connectivity index (χ2v) is 10.4. The van der Waals surface area contributed by atoms with E-state index in [1.807, 2.05) is 55.5 Å². The second-order valence-electron chi connectivity index (χ2n) is 9.48. The molecule has 0 bridgehead atoms. The third kappa shape index (κ3) is 5.45. The fourth-order valence-corrected chi connectivity index (χ4v) is 4.95. The van der Waals surface area contributed by atoms with Crippen molar-refractivity contribution in [3.8, 4) is 17.2 Å². The Labute approximate surface area is 241 Å². The van der Waals surface area contributed by atoms with E-state index in [1.165, 1.54) is 4.68 Å². The van der Waals surface area contributed by atoms with Crippen LogP contribution in [0.4, 0.5) is 0 Å². The third-order valence-electron chi connectivity index (χ3n) is 6.94. The van der Waals surface area contributed by atoms with Crippen molar-refractivity contribution in [1.29, 1.82) is 0 Å². The minimum absolute atomic E-state index is 0.0341. The summed E-state index contributed by atoms with van der Waals surface area (Å²) in [6.07, 6.45) is 2.42. The maximum absolute atomic E-state index is 13.5. The maximum Gasteiger partial charge on any atom is 0.282 e. The smallest absolute Gasteiger partial charge is 0.282 e. The van der Waals surface area contributed by atoms with Gasteiger partial charge in [0.15, 0.2) is 11.5 Å². The lowest BCUT2D eigenvalue weighted by atomic mass is 10.1. The molecule has 0 spiro atoms. The van der Waals surface area contributed by atoms with E-state index in [9.17, 15) is 4.79 Å². The van der Waals surface area contributed by atoms with Crippen molar-refractivity contribution in [2.45, 2.75) is 32.8 Å². The summed E-state index contributed by atoms with van der Waals surface area (Å²) in [5.74, 6) is 2.12. The quantitative estimate of drug-likeness (QED) is 0.166. The molecule has 5 rings (SSSR count). The van der Waals surface area contributed by atoms with Gasteiger partial charge in [0.05, 0.1) is 31.3 Å². The first-order valence-electron chi connectivity index (χ1n) is 13.1. The lowest BCUT2D eigenvalue weighted by Crippen LogP contribution is -2.23. The predicted molar refractivity (Wildman–Crippen MR) is 163 cm³/mol. The Balaban J connectivity index is 1.51. The summed E-state index contributed by atoms with van der Waals surface area (Å²) in [7, 11) is 3.16. The average molecular weight is 601 g/mol. The zero-order valence-corrected chi connectivity index (χ0v) is 24.4. The minimum atomic E-state index is -0.230. The molecule has 0 aliphatic carbocycles. The van der Waals surface area contributed by atoms with Crippen LogP contribution >= 0.6 is 15.9 Å². The highest BCUT2D eigenvalue weighted by Crippen LogP contribution is 2.39. The standard InChI is InChI=1S/C32H30BrN3O4/c1-5-20(2)31-35-27-14-13-24(33)17-26(27)32(37)36(31)34-18-21-15-28(38-3)30(29(16-21)39-4)40-19-23-11-8-10-22-9-6-7-12-25(22)23/h6-18,20H,5,19H2,1-4H3/t20-/m0/s1. The molecule has 40 heavy (non-hydrogen) atoms. The highest BCUT2D eigenvalue weighted by Gasteiger charge is 2.17. The summed E-state index contributed by atoms with van der Waals surface area (Å²) in [6.45, 7) is 4.43. The van der Waals surface area contributed by atoms with Crippen LogP contribution in [0.3, 0.4) is 0 Å². The van der Waals surface area contributed by atoms with Gasteiger partial charge in [-0.05, 0) is 53.1 Å². The number of halogens is 1. The molecular formula is C32H30BrN3O4. The number of benzene rings is 4. The lowest BCUT2D eigenvalue weighted by Gasteiger charge is -2.16. The molecule has 0 saturated heterocycles. The summed E-state index contributed by atoms with van der Waals surface area (Å²) in [5, 5.41) is 7.35.